The Morgan fingerprint density at radius 1 is 1.18 bits per heavy atom. The van der Waals surface area contributed by atoms with E-state index in [2.05, 4.69) is 32.0 Å². The highest BCUT2D eigenvalue weighted by Crippen LogP contribution is 2.06. The largest absolute Gasteiger partial charge is 0.0663 e. The lowest BCUT2D eigenvalue weighted by Crippen LogP contribution is -2.11. The van der Waals surface area contributed by atoms with Gasteiger partial charge in [-0.3, -0.25) is 0 Å². The van der Waals surface area contributed by atoms with Crippen molar-refractivity contribution in [3.8, 4) is 0 Å². The normalized spacial score (nSPS) is 10.1. The molecular formula is C10H15Si. The first-order valence-electron chi connectivity index (χ1n) is 4.22. The van der Waals surface area contributed by atoms with E-state index >= 15 is 0 Å². The molecule has 1 rings (SSSR count). The van der Waals surface area contributed by atoms with Gasteiger partial charge in [-0.05, 0) is 24.0 Å². The lowest BCUT2D eigenvalue weighted by molar-refractivity contribution is 1.05. The number of hydrogen-bond donors (Lipinski definition) is 0. The van der Waals surface area contributed by atoms with Gasteiger partial charge in [-0.25, -0.2) is 0 Å². The molecule has 0 spiro atoms. The summed E-state index contributed by atoms with van der Waals surface area (Å²) >= 11 is 0. The number of hydrogen-bond acceptors (Lipinski definition) is 0. The first kappa shape index (κ1) is 8.53. The van der Waals surface area contributed by atoms with E-state index in [0.717, 1.165) is 6.42 Å². The minimum Gasteiger partial charge on any atom is -0.0663 e. The van der Waals surface area contributed by atoms with Crippen molar-refractivity contribution in [1.29, 1.82) is 0 Å². The summed E-state index contributed by atoms with van der Waals surface area (Å²) in [4.78, 5) is 0. The van der Waals surface area contributed by atoms with E-state index in [1.807, 2.05) is 10.2 Å². The summed E-state index contributed by atoms with van der Waals surface area (Å²) in [5, 5.41) is 1.46. The van der Waals surface area contributed by atoms with E-state index in [9.17, 15) is 0 Å². The predicted octanol–water partition coefficient (Wildman–Crippen LogP) is 1.07. The highest BCUT2D eigenvalue weighted by Gasteiger charge is 1.99. The first-order chi connectivity index (χ1) is 5.29. The molecule has 0 heterocycles. The molecule has 11 heavy (non-hydrogen) atoms. The van der Waals surface area contributed by atoms with Crippen LogP contribution in [-0.4, -0.2) is 10.2 Å². The number of aryl methyl sites for hydroxylation is 1. The zero-order valence-corrected chi connectivity index (χ0v) is 8.77. The van der Waals surface area contributed by atoms with Gasteiger partial charge in [0, 0.05) is 10.2 Å². The van der Waals surface area contributed by atoms with Crippen molar-refractivity contribution < 1.29 is 0 Å². The van der Waals surface area contributed by atoms with E-state index in [-0.39, 0.29) is 0 Å². The lowest BCUT2D eigenvalue weighted by Gasteiger charge is -2.07. The summed E-state index contributed by atoms with van der Waals surface area (Å²) in [6.45, 7) is 4.45. The summed E-state index contributed by atoms with van der Waals surface area (Å²) in [6, 6.07) is 6.59. The van der Waals surface area contributed by atoms with Crippen LogP contribution >= 0.6 is 0 Å². The monoisotopic (exact) mass is 163 g/mol. The zero-order valence-electron chi connectivity index (χ0n) is 7.35. The van der Waals surface area contributed by atoms with Crippen LogP contribution in [0, 0.1) is 0 Å². The van der Waals surface area contributed by atoms with Crippen LogP contribution in [0.15, 0.2) is 18.2 Å². The second-order valence-electron chi connectivity index (χ2n) is 2.76. The Labute approximate surface area is 72.1 Å². The molecule has 0 amide bonds. The Kier molecular flexibility index (Phi) is 2.89. The molecular weight excluding hydrogens is 148 g/mol. The summed E-state index contributed by atoms with van der Waals surface area (Å²) in [5.74, 6) is 0. The van der Waals surface area contributed by atoms with Crippen molar-refractivity contribution in [1.82, 2.24) is 0 Å². The Balaban J connectivity index is 3.13. The van der Waals surface area contributed by atoms with Crippen molar-refractivity contribution in [2.45, 2.75) is 26.7 Å². The predicted molar refractivity (Wildman–Crippen MR) is 53.4 cm³/mol. The fraction of sp³-hybridized carbons (Fsp3) is 0.400. The Morgan fingerprint density at radius 2 is 1.91 bits per heavy atom. The molecule has 59 valence electrons. The smallest absolute Gasteiger partial charge is 0.0481 e. The third-order valence-electron chi connectivity index (χ3n) is 2.10. The Bertz CT molecular complexity index is 241. The van der Waals surface area contributed by atoms with Crippen molar-refractivity contribution in [2.24, 2.45) is 0 Å². The molecule has 0 saturated heterocycles. The standard InChI is InChI=1S/C10H15Si/c1-3-8-6-5-7-10(11)9(8)4-2/h5-7H,3-4,11H2,1-2H3. The molecule has 1 heteroatoms. The van der Waals surface area contributed by atoms with Crippen molar-refractivity contribution >= 4 is 15.4 Å². The van der Waals surface area contributed by atoms with Crippen LogP contribution in [0.5, 0.6) is 0 Å². The molecule has 0 nitrogen and oxygen atoms in total. The topological polar surface area (TPSA) is 0 Å². The third-order valence-corrected chi connectivity index (χ3v) is 2.77. The molecule has 0 atom stereocenters. The van der Waals surface area contributed by atoms with Gasteiger partial charge in [-0.15, -0.1) is 0 Å². The van der Waals surface area contributed by atoms with Crippen molar-refractivity contribution in [3.05, 3.63) is 29.3 Å². The first-order valence-corrected chi connectivity index (χ1v) is 4.93. The Morgan fingerprint density at radius 3 is 2.36 bits per heavy atom. The molecule has 0 aromatic heterocycles. The van der Waals surface area contributed by atoms with Crippen LogP contribution in [0.25, 0.3) is 0 Å². The van der Waals surface area contributed by atoms with Crippen molar-refractivity contribution in [3.63, 3.8) is 0 Å². The molecule has 0 aliphatic rings. The average molecular weight is 163 g/mol. The van der Waals surface area contributed by atoms with E-state index < -0.39 is 0 Å². The third kappa shape index (κ3) is 1.72. The van der Waals surface area contributed by atoms with Gasteiger partial charge < -0.3 is 0 Å². The highest BCUT2D eigenvalue weighted by molar-refractivity contribution is 6.33. The fourth-order valence-electron chi connectivity index (χ4n) is 1.47. The van der Waals surface area contributed by atoms with Crippen LogP contribution < -0.4 is 5.19 Å². The van der Waals surface area contributed by atoms with Crippen LogP contribution in [0.4, 0.5) is 0 Å². The maximum Gasteiger partial charge on any atom is 0.0481 e. The van der Waals surface area contributed by atoms with Crippen LogP contribution in [0.2, 0.25) is 0 Å². The van der Waals surface area contributed by atoms with Gasteiger partial charge in [-0.1, -0.05) is 37.2 Å². The summed E-state index contributed by atoms with van der Waals surface area (Å²) in [6.07, 6.45) is 2.33. The summed E-state index contributed by atoms with van der Waals surface area (Å²) in [7, 11) is 1.99. The van der Waals surface area contributed by atoms with Gasteiger partial charge >= 0.3 is 0 Å². The van der Waals surface area contributed by atoms with Gasteiger partial charge in [0.05, 0.1) is 0 Å². The highest BCUT2D eigenvalue weighted by atomic mass is 28.1. The van der Waals surface area contributed by atoms with Crippen LogP contribution in [0.1, 0.15) is 25.0 Å². The van der Waals surface area contributed by atoms with Gasteiger partial charge in [0.25, 0.3) is 0 Å². The number of benzene rings is 1. The maximum absolute atomic E-state index is 2.23. The number of rotatable bonds is 2. The molecule has 0 bridgehead atoms. The lowest BCUT2D eigenvalue weighted by atomic mass is 10.0. The quantitative estimate of drug-likeness (QED) is 0.572. The van der Waals surface area contributed by atoms with Crippen molar-refractivity contribution in [2.75, 3.05) is 0 Å². The molecule has 1 aromatic carbocycles. The average Bonchev–Trinajstić information content (AvgIpc) is 2.04. The minimum atomic E-state index is 1.16. The summed E-state index contributed by atoms with van der Waals surface area (Å²) < 4.78 is 0. The van der Waals surface area contributed by atoms with E-state index in [1.54, 1.807) is 5.56 Å². The summed E-state index contributed by atoms with van der Waals surface area (Å²) in [5.41, 5.74) is 3.06. The Hall–Kier alpha value is -0.563. The van der Waals surface area contributed by atoms with Gasteiger partial charge in [0.2, 0.25) is 0 Å². The molecule has 0 saturated carbocycles. The maximum atomic E-state index is 2.23. The van der Waals surface area contributed by atoms with Gasteiger partial charge in [0.1, 0.15) is 0 Å². The molecule has 1 radical (unpaired) electrons. The van der Waals surface area contributed by atoms with Gasteiger partial charge in [0.15, 0.2) is 0 Å². The molecule has 0 aliphatic carbocycles. The van der Waals surface area contributed by atoms with Gasteiger partial charge in [-0.2, -0.15) is 0 Å². The van der Waals surface area contributed by atoms with E-state index in [4.69, 9.17) is 0 Å². The zero-order chi connectivity index (χ0) is 8.27. The minimum absolute atomic E-state index is 1.16. The molecule has 0 unspecified atom stereocenters. The second kappa shape index (κ2) is 3.72. The van der Waals surface area contributed by atoms with Crippen LogP contribution in [-0.2, 0) is 12.8 Å². The molecule has 0 N–H and O–H groups in total. The van der Waals surface area contributed by atoms with E-state index in [0.29, 0.717) is 0 Å². The SMILES string of the molecule is CCc1cccc([SiH2])c1CC. The van der Waals surface area contributed by atoms with E-state index in [1.165, 1.54) is 17.2 Å². The van der Waals surface area contributed by atoms with Crippen LogP contribution in [0.3, 0.4) is 0 Å². The second-order valence-corrected chi connectivity index (χ2v) is 3.52. The molecule has 0 aliphatic heterocycles. The fourth-order valence-corrected chi connectivity index (χ4v) is 2.09. The molecule has 0 fully saturated rings. The molecule has 1 aromatic rings.